The van der Waals surface area contributed by atoms with E-state index >= 15 is 0 Å². The van der Waals surface area contributed by atoms with Crippen molar-refractivity contribution in [2.24, 2.45) is 0 Å². The van der Waals surface area contributed by atoms with Crippen molar-refractivity contribution in [3.8, 4) is 6.07 Å². The molecule has 0 unspecified atom stereocenters. The molecule has 1 aliphatic rings. The van der Waals surface area contributed by atoms with E-state index in [4.69, 9.17) is 9.68 Å². The predicted octanol–water partition coefficient (Wildman–Crippen LogP) is 1.47. The Bertz CT molecular complexity index is 422. The average molecular weight is 202 g/mol. The molecular formula is C11H10N2O2. The number of carbonyl (C=O) groups is 1. The van der Waals surface area contributed by atoms with Crippen molar-refractivity contribution in [1.29, 1.82) is 5.26 Å². The van der Waals surface area contributed by atoms with E-state index in [1.807, 2.05) is 6.07 Å². The summed E-state index contributed by atoms with van der Waals surface area (Å²) in [5.74, 6) is 0.189. The zero-order chi connectivity index (χ0) is 10.7. The maximum Gasteiger partial charge on any atom is 0.262 e. The van der Waals surface area contributed by atoms with Crippen molar-refractivity contribution < 1.29 is 9.21 Å². The summed E-state index contributed by atoms with van der Waals surface area (Å²) in [6, 6.07) is 5.52. The predicted molar refractivity (Wildman–Crippen MR) is 53.5 cm³/mol. The van der Waals surface area contributed by atoms with Gasteiger partial charge in [0, 0.05) is 12.1 Å². The zero-order valence-electron chi connectivity index (χ0n) is 8.06. The first kappa shape index (κ1) is 9.53. The van der Waals surface area contributed by atoms with Crippen LogP contribution >= 0.6 is 0 Å². The van der Waals surface area contributed by atoms with Crippen molar-refractivity contribution in [3.63, 3.8) is 0 Å². The fraction of sp³-hybridized carbons (Fsp3) is 0.273. The summed E-state index contributed by atoms with van der Waals surface area (Å²) in [7, 11) is 0. The van der Waals surface area contributed by atoms with E-state index in [0.29, 0.717) is 5.76 Å². The van der Waals surface area contributed by atoms with E-state index in [-0.39, 0.29) is 17.5 Å². The SMILES string of the molecule is N#C/C(=C\c1ccco1)C(=O)NC1CC1. The van der Waals surface area contributed by atoms with Crippen LogP contribution in [0, 0.1) is 11.3 Å². The Morgan fingerprint density at radius 2 is 2.47 bits per heavy atom. The molecule has 0 bridgehead atoms. The Morgan fingerprint density at radius 1 is 1.67 bits per heavy atom. The van der Waals surface area contributed by atoms with Gasteiger partial charge in [0.2, 0.25) is 0 Å². The van der Waals surface area contributed by atoms with Gasteiger partial charge in [0.05, 0.1) is 6.26 Å². The zero-order valence-corrected chi connectivity index (χ0v) is 8.06. The Hall–Kier alpha value is -2.02. The third kappa shape index (κ3) is 2.47. The highest BCUT2D eigenvalue weighted by molar-refractivity contribution is 6.01. The first-order valence-electron chi connectivity index (χ1n) is 4.76. The molecule has 1 N–H and O–H groups in total. The van der Waals surface area contributed by atoms with Crippen LogP contribution in [-0.4, -0.2) is 11.9 Å². The van der Waals surface area contributed by atoms with E-state index in [1.165, 1.54) is 12.3 Å². The lowest BCUT2D eigenvalue weighted by Crippen LogP contribution is -2.26. The maximum atomic E-state index is 11.5. The van der Waals surface area contributed by atoms with Crippen molar-refractivity contribution in [3.05, 3.63) is 29.7 Å². The second kappa shape index (κ2) is 4.01. The van der Waals surface area contributed by atoms with Crippen LogP contribution in [0.1, 0.15) is 18.6 Å². The van der Waals surface area contributed by atoms with Crippen molar-refractivity contribution in [2.45, 2.75) is 18.9 Å². The van der Waals surface area contributed by atoms with Crippen LogP contribution in [0.4, 0.5) is 0 Å². The molecule has 0 spiro atoms. The molecule has 0 atom stereocenters. The normalized spacial score (nSPS) is 15.8. The summed E-state index contributed by atoms with van der Waals surface area (Å²) >= 11 is 0. The minimum Gasteiger partial charge on any atom is -0.465 e. The van der Waals surface area contributed by atoms with Gasteiger partial charge in [-0.2, -0.15) is 5.26 Å². The Labute approximate surface area is 87.2 Å². The fourth-order valence-corrected chi connectivity index (χ4v) is 1.16. The average Bonchev–Trinajstić information content (AvgIpc) is 2.89. The summed E-state index contributed by atoms with van der Waals surface area (Å²) < 4.78 is 5.03. The number of carbonyl (C=O) groups excluding carboxylic acids is 1. The van der Waals surface area contributed by atoms with E-state index in [9.17, 15) is 4.79 Å². The van der Waals surface area contributed by atoms with Gasteiger partial charge in [0.1, 0.15) is 17.4 Å². The van der Waals surface area contributed by atoms with Crippen LogP contribution in [0.2, 0.25) is 0 Å². The molecular weight excluding hydrogens is 192 g/mol. The third-order valence-electron chi connectivity index (χ3n) is 2.11. The quantitative estimate of drug-likeness (QED) is 0.596. The lowest BCUT2D eigenvalue weighted by atomic mass is 10.2. The molecule has 1 fully saturated rings. The second-order valence-corrected chi connectivity index (χ2v) is 3.43. The monoisotopic (exact) mass is 202 g/mol. The Balaban J connectivity index is 2.09. The van der Waals surface area contributed by atoms with Crippen molar-refractivity contribution >= 4 is 12.0 Å². The highest BCUT2D eigenvalue weighted by Crippen LogP contribution is 2.19. The van der Waals surface area contributed by atoms with Crippen LogP contribution < -0.4 is 5.32 Å². The van der Waals surface area contributed by atoms with E-state index in [1.54, 1.807) is 12.1 Å². The standard InChI is InChI=1S/C11H10N2O2/c12-7-8(6-10-2-1-5-15-10)11(14)13-9-3-4-9/h1-2,5-6,9H,3-4H2,(H,13,14)/b8-6+. The molecule has 1 heterocycles. The molecule has 0 saturated heterocycles. The summed E-state index contributed by atoms with van der Waals surface area (Å²) in [5, 5.41) is 11.6. The molecule has 0 aromatic carbocycles. The molecule has 0 radical (unpaired) electrons. The van der Waals surface area contributed by atoms with Gasteiger partial charge < -0.3 is 9.73 Å². The number of hydrogen-bond donors (Lipinski definition) is 1. The molecule has 2 rings (SSSR count). The third-order valence-corrected chi connectivity index (χ3v) is 2.11. The van der Waals surface area contributed by atoms with Gasteiger partial charge >= 0.3 is 0 Å². The van der Waals surface area contributed by atoms with E-state index in [2.05, 4.69) is 5.32 Å². The highest BCUT2D eigenvalue weighted by atomic mass is 16.3. The van der Waals surface area contributed by atoms with Crippen LogP contribution in [0.15, 0.2) is 28.4 Å². The van der Waals surface area contributed by atoms with Crippen LogP contribution in [0.5, 0.6) is 0 Å². The van der Waals surface area contributed by atoms with E-state index < -0.39 is 0 Å². The number of nitrogens with one attached hydrogen (secondary N) is 1. The van der Waals surface area contributed by atoms with Crippen LogP contribution in [-0.2, 0) is 4.79 Å². The molecule has 1 saturated carbocycles. The largest absolute Gasteiger partial charge is 0.465 e. The molecule has 1 aromatic rings. The molecule has 1 amide bonds. The van der Waals surface area contributed by atoms with Crippen molar-refractivity contribution in [2.75, 3.05) is 0 Å². The van der Waals surface area contributed by atoms with Crippen molar-refractivity contribution in [1.82, 2.24) is 5.32 Å². The summed E-state index contributed by atoms with van der Waals surface area (Å²) in [5.41, 5.74) is 0.0804. The minimum atomic E-state index is -0.323. The summed E-state index contributed by atoms with van der Waals surface area (Å²) in [6.45, 7) is 0. The number of amides is 1. The fourth-order valence-electron chi connectivity index (χ4n) is 1.16. The number of hydrogen-bond acceptors (Lipinski definition) is 3. The van der Waals surface area contributed by atoms with Crippen LogP contribution in [0.25, 0.3) is 6.08 Å². The van der Waals surface area contributed by atoms with Crippen LogP contribution in [0.3, 0.4) is 0 Å². The first-order valence-corrected chi connectivity index (χ1v) is 4.76. The van der Waals surface area contributed by atoms with E-state index in [0.717, 1.165) is 12.8 Å². The number of nitrogens with zero attached hydrogens (tertiary/aromatic N) is 1. The smallest absolute Gasteiger partial charge is 0.262 e. The van der Waals surface area contributed by atoms with Gasteiger partial charge in [-0.05, 0) is 25.0 Å². The second-order valence-electron chi connectivity index (χ2n) is 3.43. The van der Waals surface area contributed by atoms with Gasteiger partial charge in [-0.3, -0.25) is 4.79 Å². The molecule has 76 valence electrons. The highest BCUT2D eigenvalue weighted by Gasteiger charge is 2.24. The molecule has 1 aromatic heterocycles. The number of nitriles is 1. The molecule has 15 heavy (non-hydrogen) atoms. The number of rotatable bonds is 3. The van der Waals surface area contributed by atoms with Gasteiger partial charge in [-0.25, -0.2) is 0 Å². The first-order chi connectivity index (χ1) is 7.29. The molecule has 4 heteroatoms. The van der Waals surface area contributed by atoms with Gasteiger partial charge in [0.15, 0.2) is 0 Å². The molecule has 1 aliphatic carbocycles. The molecule has 4 nitrogen and oxygen atoms in total. The lowest BCUT2D eigenvalue weighted by molar-refractivity contribution is -0.117. The molecule has 0 aliphatic heterocycles. The lowest BCUT2D eigenvalue weighted by Gasteiger charge is -1.99. The van der Waals surface area contributed by atoms with Gasteiger partial charge in [0.25, 0.3) is 5.91 Å². The minimum absolute atomic E-state index is 0.0804. The maximum absolute atomic E-state index is 11.5. The summed E-state index contributed by atoms with van der Waals surface area (Å²) in [4.78, 5) is 11.5. The number of furan rings is 1. The Kier molecular flexibility index (Phi) is 2.55. The van der Waals surface area contributed by atoms with Gasteiger partial charge in [-0.1, -0.05) is 0 Å². The Morgan fingerprint density at radius 3 is 3.00 bits per heavy atom. The summed E-state index contributed by atoms with van der Waals surface area (Å²) in [6.07, 6.45) is 4.95. The van der Waals surface area contributed by atoms with Gasteiger partial charge in [-0.15, -0.1) is 0 Å². The topological polar surface area (TPSA) is 66.0 Å².